The lowest BCUT2D eigenvalue weighted by Crippen LogP contribution is -1.99. The summed E-state index contributed by atoms with van der Waals surface area (Å²) < 4.78 is 10.9. The Morgan fingerprint density at radius 3 is 2.40 bits per heavy atom. The topological polar surface area (TPSA) is 35.5 Å². The van der Waals surface area contributed by atoms with Gasteiger partial charge in [-0.3, -0.25) is 4.79 Å². The van der Waals surface area contributed by atoms with E-state index in [1.54, 1.807) is 30.3 Å². The van der Waals surface area contributed by atoms with E-state index in [4.69, 9.17) is 32.7 Å². The average molecular weight is 311 g/mol. The molecule has 0 bridgehead atoms. The van der Waals surface area contributed by atoms with E-state index in [0.717, 1.165) is 5.56 Å². The van der Waals surface area contributed by atoms with Crippen LogP contribution in [0.25, 0.3) is 0 Å². The Bertz CT molecular complexity index is 609. The second-order valence-electron chi connectivity index (χ2n) is 4.05. The number of rotatable bonds is 5. The van der Waals surface area contributed by atoms with Gasteiger partial charge < -0.3 is 9.47 Å². The van der Waals surface area contributed by atoms with Gasteiger partial charge in [-0.2, -0.15) is 0 Å². The summed E-state index contributed by atoms with van der Waals surface area (Å²) in [5.74, 6) is 1.01. The van der Waals surface area contributed by atoms with Crippen molar-refractivity contribution in [2.75, 3.05) is 7.11 Å². The van der Waals surface area contributed by atoms with E-state index in [2.05, 4.69) is 0 Å². The van der Waals surface area contributed by atoms with Crippen LogP contribution >= 0.6 is 23.2 Å². The standard InChI is InChI=1S/C15H12Cl2O3/c1-19-13-7-4-11(15(17)18)8-14(13)20-9-10-2-5-12(16)6-3-10/h2-8H,9H2,1H3. The van der Waals surface area contributed by atoms with Crippen molar-refractivity contribution in [2.24, 2.45) is 0 Å². The summed E-state index contributed by atoms with van der Waals surface area (Å²) in [5.41, 5.74) is 1.32. The van der Waals surface area contributed by atoms with E-state index >= 15 is 0 Å². The van der Waals surface area contributed by atoms with E-state index < -0.39 is 5.24 Å². The largest absolute Gasteiger partial charge is 0.493 e. The van der Waals surface area contributed by atoms with Gasteiger partial charge in [0.2, 0.25) is 0 Å². The second kappa shape index (κ2) is 6.64. The molecule has 0 unspecified atom stereocenters. The number of methoxy groups -OCH3 is 1. The maximum atomic E-state index is 11.2. The molecule has 0 atom stereocenters. The molecule has 104 valence electrons. The number of hydrogen-bond donors (Lipinski definition) is 0. The first-order valence-electron chi connectivity index (χ1n) is 5.85. The normalized spacial score (nSPS) is 10.2. The molecular formula is C15H12Cl2O3. The molecule has 5 heteroatoms. The lowest BCUT2D eigenvalue weighted by molar-refractivity contribution is 0.108. The minimum absolute atomic E-state index is 0.341. The number of hydrogen-bond acceptors (Lipinski definition) is 3. The van der Waals surface area contributed by atoms with Crippen molar-refractivity contribution in [3.05, 3.63) is 58.6 Å². The van der Waals surface area contributed by atoms with Crippen LogP contribution in [0.4, 0.5) is 0 Å². The van der Waals surface area contributed by atoms with E-state index in [9.17, 15) is 4.79 Å². The van der Waals surface area contributed by atoms with Crippen molar-refractivity contribution < 1.29 is 14.3 Å². The van der Waals surface area contributed by atoms with Crippen LogP contribution in [0.5, 0.6) is 11.5 Å². The maximum Gasteiger partial charge on any atom is 0.252 e. The molecule has 0 saturated heterocycles. The van der Waals surface area contributed by atoms with Gasteiger partial charge in [-0.05, 0) is 47.5 Å². The third kappa shape index (κ3) is 3.65. The van der Waals surface area contributed by atoms with Crippen LogP contribution in [0.3, 0.4) is 0 Å². The highest BCUT2D eigenvalue weighted by molar-refractivity contribution is 6.67. The van der Waals surface area contributed by atoms with Gasteiger partial charge in [0.05, 0.1) is 7.11 Å². The number of carbonyl (C=O) groups excluding carboxylic acids is 1. The highest BCUT2D eigenvalue weighted by atomic mass is 35.5. The number of halogens is 2. The van der Waals surface area contributed by atoms with Crippen LogP contribution < -0.4 is 9.47 Å². The van der Waals surface area contributed by atoms with Gasteiger partial charge in [0.15, 0.2) is 11.5 Å². The molecule has 0 saturated carbocycles. The second-order valence-corrected chi connectivity index (χ2v) is 4.83. The first-order chi connectivity index (χ1) is 9.60. The van der Waals surface area contributed by atoms with Crippen molar-refractivity contribution in [3.63, 3.8) is 0 Å². The molecule has 20 heavy (non-hydrogen) atoms. The number of carbonyl (C=O) groups is 1. The fourth-order valence-electron chi connectivity index (χ4n) is 1.65. The van der Waals surface area contributed by atoms with Gasteiger partial charge in [-0.1, -0.05) is 23.7 Å². The highest BCUT2D eigenvalue weighted by Crippen LogP contribution is 2.29. The Balaban J connectivity index is 2.16. The first kappa shape index (κ1) is 14.7. The third-order valence-corrected chi connectivity index (χ3v) is 3.17. The zero-order valence-corrected chi connectivity index (χ0v) is 12.2. The molecule has 2 rings (SSSR count). The van der Waals surface area contributed by atoms with Crippen molar-refractivity contribution in [2.45, 2.75) is 6.61 Å². The predicted octanol–water partition coefficient (Wildman–Crippen LogP) is 4.31. The zero-order valence-electron chi connectivity index (χ0n) is 10.7. The highest BCUT2D eigenvalue weighted by Gasteiger charge is 2.09. The van der Waals surface area contributed by atoms with Crippen molar-refractivity contribution in [1.82, 2.24) is 0 Å². The molecule has 0 amide bonds. The molecule has 0 fully saturated rings. The van der Waals surface area contributed by atoms with Crippen LogP contribution in [0.15, 0.2) is 42.5 Å². The molecular weight excluding hydrogens is 299 g/mol. The van der Waals surface area contributed by atoms with Gasteiger partial charge in [-0.25, -0.2) is 0 Å². The minimum Gasteiger partial charge on any atom is -0.493 e. The summed E-state index contributed by atoms with van der Waals surface area (Å²) in [7, 11) is 1.53. The molecule has 0 aliphatic heterocycles. The molecule has 0 aliphatic carbocycles. The third-order valence-electron chi connectivity index (χ3n) is 2.70. The van der Waals surface area contributed by atoms with Gasteiger partial charge in [-0.15, -0.1) is 0 Å². The Morgan fingerprint density at radius 1 is 1.10 bits per heavy atom. The SMILES string of the molecule is COc1ccc(C(=O)Cl)cc1OCc1ccc(Cl)cc1. The fourth-order valence-corrected chi connectivity index (χ4v) is 1.90. The summed E-state index contributed by atoms with van der Waals surface area (Å²) in [5, 5.41) is 0.130. The monoisotopic (exact) mass is 310 g/mol. The maximum absolute atomic E-state index is 11.2. The zero-order chi connectivity index (χ0) is 14.5. The lowest BCUT2D eigenvalue weighted by Gasteiger charge is -2.11. The van der Waals surface area contributed by atoms with Crippen molar-refractivity contribution >= 4 is 28.4 Å². The van der Waals surface area contributed by atoms with Crippen molar-refractivity contribution in [3.8, 4) is 11.5 Å². The smallest absolute Gasteiger partial charge is 0.252 e. The van der Waals surface area contributed by atoms with E-state index in [1.165, 1.54) is 7.11 Å². The van der Waals surface area contributed by atoms with Gasteiger partial charge in [0.25, 0.3) is 5.24 Å². The Morgan fingerprint density at radius 2 is 1.80 bits per heavy atom. The number of ether oxygens (including phenoxy) is 2. The molecule has 0 spiro atoms. The summed E-state index contributed by atoms with van der Waals surface area (Å²) in [6, 6.07) is 12.1. The summed E-state index contributed by atoms with van der Waals surface area (Å²) in [6.45, 7) is 0.341. The van der Waals surface area contributed by atoms with E-state index in [1.807, 2.05) is 12.1 Å². The first-order valence-corrected chi connectivity index (χ1v) is 6.61. The van der Waals surface area contributed by atoms with Gasteiger partial charge in [0.1, 0.15) is 6.61 Å². The Hall–Kier alpha value is -1.71. The van der Waals surface area contributed by atoms with Crippen LogP contribution in [0, 0.1) is 0 Å². The Labute approximate surface area is 127 Å². The van der Waals surface area contributed by atoms with Crippen LogP contribution in [0.1, 0.15) is 15.9 Å². The predicted molar refractivity (Wildman–Crippen MR) is 79.0 cm³/mol. The summed E-state index contributed by atoms with van der Waals surface area (Å²) in [6.07, 6.45) is 0. The summed E-state index contributed by atoms with van der Waals surface area (Å²) in [4.78, 5) is 11.2. The lowest BCUT2D eigenvalue weighted by atomic mass is 10.2. The molecule has 3 nitrogen and oxygen atoms in total. The molecule has 0 N–H and O–H groups in total. The average Bonchev–Trinajstić information content (AvgIpc) is 2.46. The van der Waals surface area contributed by atoms with Gasteiger partial charge in [0, 0.05) is 10.6 Å². The van der Waals surface area contributed by atoms with Crippen LogP contribution in [-0.4, -0.2) is 12.4 Å². The van der Waals surface area contributed by atoms with Crippen LogP contribution in [-0.2, 0) is 6.61 Å². The van der Waals surface area contributed by atoms with Crippen LogP contribution in [0.2, 0.25) is 5.02 Å². The molecule has 0 aliphatic rings. The summed E-state index contributed by atoms with van der Waals surface area (Å²) >= 11 is 11.3. The van der Waals surface area contributed by atoms with E-state index in [0.29, 0.717) is 28.7 Å². The van der Waals surface area contributed by atoms with Crippen molar-refractivity contribution in [1.29, 1.82) is 0 Å². The molecule has 0 aromatic heterocycles. The number of benzene rings is 2. The molecule has 2 aromatic rings. The fraction of sp³-hybridized carbons (Fsp3) is 0.133. The molecule has 2 aromatic carbocycles. The Kier molecular flexibility index (Phi) is 4.88. The van der Waals surface area contributed by atoms with E-state index in [-0.39, 0.29) is 0 Å². The minimum atomic E-state index is -0.538. The molecule has 0 heterocycles. The molecule has 0 radical (unpaired) electrons. The van der Waals surface area contributed by atoms with Gasteiger partial charge >= 0.3 is 0 Å². The quantitative estimate of drug-likeness (QED) is 0.772.